The zero-order valence-corrected chi connectivity index (χ0v) is 16.9. The molecule has 26 heavy (non-hydrogen) atoms. The zero-order valence-electron chi connectivity index (χ0n) is 16.9. The largest absolute Gasteiger partial charge is 0.300 e. The predicted molar refractivity (Wildman–Crippen MR) is 111 cm³/mol. The molecular formula is C24H38N2. The molecule has 2 saturated heterocycles. The molecule has 1 saturated carbocycles. The molecule has 0 aromatic heterocycles. The molecule has 2 nitrogen and oxygen atoms in total. The Morgan fingerprint density at radius 2 is 1.27 bits per heavy atom. The number of benzene rings is 1. The van der Waals surface area contributed by atoms with Gasteiger partial charge in [0.05, 0.1) is 0 Å². The van der Waals surface area contributed by atoms with Crippen molar-refractivity contribution in [1.29, 1.82) is 0 Å². The van der Waals surface area contributed by atoms with E-state index in [0.29, 0.717) is 0 Å². The van der Waals surface area contributed by atoms with Crippen LogP contribution in [-0.4, -0.2) is 48.1 Å². The number of likely N-dealkylation sites (tertiary alicyclic amines) is 2. The molecule has 0 bridgehead atoms. The van der Waals surface area contributed by atoms with E-state index in [0.717, 1.165) is 29.8 Å². The number of hydrogen-bond acceptors (Lipinski definition) is 2. The Morgan fingerprint density at radius 1 is 0.692 bits per heavy atom. The van der Waals surface area contributed by atoms with E-state index in [1.807, 2.05) is 0 Å². The summed E-state index contributed by atoms with van der Waals surface area (Å²) in [7, 11) is 0. The molecule has 2 aliphatic heterocycles. The van der Waals surface area contributed by atoms with Crippen LogP contribution in [0.25, 0.3) is 0 Å². The van der Waals surface area contributed by atoms with Gasteiger partial charge in [-0.2, -0.15) is 0 Å². The van der Waals surface area contributed by atoms with Gasteiger partial charge in [-0.1, -0.05) is 44.2 Å². The van der Waals surface area contributed by atoms with Gasteiger partial charge in [0.1, 0.15) is 0 Å². The van der Waals surface area contributed by atoms with Crippen molar-refractivity contribution in [2.45, 2.75) is 76.8 Å². The third-order valence-electron chi connectivity index (χ3n) is 7.40. The van der Waals surface area contributed by atoms with E-state index in [-0.39, 0.29) is 0 Å². The van der Waals surface area contributed by atoms with Crippen LogP contribution < -0.4 is 0 Å². The van der Waals surface area contributed by atoms with Crippen LogP contribution in [0.5, 0.6) is 0 Å². The quantitative estimate of drug-likeness (QED) is 0.740. The van der Waals surface area contributed by atoms with Crippen molar-refractivity contribution in [3.8, 4) is 0 Å². The Hall–Kier alpha value is -0.860. The van der Waals surface area contributed by atoms with Crippen molar-refractivity contribution < 1.29 is 0 Å². The first-order valence-corrected chi connectivity index (χ1v) is 11.2. The van der Waals surface area contributed by atoms with Crippen molar-refractivity contribution in [3.63, 3.8) is 0 Å². The fourth-order valence-corrected chi connectivity index (χ4v) is 6.12. The fraction of sp³-hybridized carbons (Fsp3) is 0.750. The summed E-state index contributed by atoms with van der Waals surface area (Å²) in [5.41, 5.74) is 1.57. The number of nitrogens with zero attached hydrogens (tertiary/aromatic N) is 2. The van der Waals surface area contributed by atoms with E-state index in [9.17, 15) is 0 Å². The first-order valence-electron chi connectivity index (χ1n) is 11.2. The summed E-state index contributed by atoms with van der Waals surface area (Å²) in [4.78, 5) is 5.68. The van der Waals surface area contributed by atoms with Crippen molar-refractivity contribution in [1.82, 2.24) is 9.80 Å². The number of rotatable bonds is 3. The topological polar surface area (TPSA) is 6.48 Å². The minimum Gasteiger partial charge on any atom is -0.300 e. The molecule has 3 aliphatic rings. The molecule has 0 N–H and O–H groups in total. The average Bonchev–Trinajstić information content (AvgIpc) is 2.68. The molecule has 1 aromatic rings. The van der Waals surface area contributed by atoms with Gasteiger partial charge in [0.25, 0.3) is 0 Å². The first-order chi connectivity index (χ1) is 12.7. The Labute approximate surface area is 161 Å². The summed E-state index contributed by atoms with van der Waals surface area (Å²) in [6.07, 6.45) is 9.81. The molecule has 1 aromatic carbocycles. The molecule has 3 fully saturated rings. The summed E-state index contributed by atoms with van der Waals surface area (Å²) in [5, 5.41) is 0. The third-order valence-corrected chi connectivity index (χ3v) is 7.40. The first kappa shape index (κ1) is 18.5. The van der Waals surface area contributed by atoms with Gasteiger partial charge in [-0.3, -0.25) is 4.90 Å². The highest BCUT2D eigenvalue weighted by molar-refractivity contribution is 5.20. The standard InChI is InChI=1S/C24H38N2/c1-19-16-20(2)18-26(17-19)24-12-14-25(15-13-24)23-10-8-22(9-11-23)21-6-4-3-5-7-21/h3-7,19-20,22-24H,8-18H2,1-2H3. The lowest BCUT2D eigenvalue weighted by molar-refractivity contribution is 0.0358. The average molecular weight is 355 g/mol. The van der Waals surface area contributed by atoms with Crippen molar-refractivity contribution in [3.05, 3.63) is 35.9 Å². The Kier molecular flexibility index (Phi) is 6.00. The van der Waals surface area contributed by atoms with Crippen LogP contribution in [0.2, 0.25) is 0 Å². The highest BCUT2D eigenvalue weighted by Crippen LogP contribution is 2.36. The molecule has 2 unspecified atom stereocenters. The second-order valence-corrected chi connectivity index (χ2v) is 9.58. The molecule has 2 heterocycles. The molecule has 4 rings (SSSR count). The molecule has 2 atom stereocenters. The van der Waals surface area contributed by atoms with Crippen LogP contribution in [0.15, 0.2) is 30.3 Å². The van der Waals surface area contributed by atoms with Gasteiger partial charge < -0.3 is 4.90 Å². The SMILES string of the molecule is CC1CC(C)CN(C2CCN(C3CCC(c4ccccc4)CC3)CC2)C1. The zero-order chi connectivity index (χ0) is 17.9. The van der Waals surface area contributed by atoms with Crippen LogP contribution in [0, 0.1) is 11.8 Å². The normalized spacial score (nSPS) is 35.5. The van der Waals surface area contributed by atoms with Crippen LogP contribution in [0.1, 0.15) is 70.3 Å². The number of piperidine rings is 2. The summed E-state index contributed by atoms with van der Waals surface area (Å²) < 4.78 is 0. The fourth-order valence-electron chi connectivity index (χ4n) is 6.12. The van der Waals surface area contributed by atoms with Gasteiger partial charge in [0.2, 0.25) is 0 Å². The second kappa shape index (κ2) is 8.44. The van der Waals surface area contributed by atoms with Crippen molar-refractivity contribution >= 4 is 0 Å². The monoisotopic (exact) mass is 354 g/mol. The van der Waals surface area contributed by atoms with Gasteiger partial charge in [-0.25, -0.2) is 0 Å². The van der Waals surface area contributed by atoms with E-state index in [4.69, 9.17) is 0 Å². The molecule has 0 spiro atoms. The van der Waals surface area contributed by atoms with Crippen LogP contribution in [0.3, 0.4) is 0 Å². The van der Waals surface area contributed by atoms with E-state index in [2.05, 4.69) is 54.0 Å². The van der Waals surface area contributed by atoms with Gasteiger partial charge >= 0.3 is 0 Å². The van der Waals surface area contributed by atoms with Crippen LogP contribution >= 0.6 is 0 Å². The van der Waals surface area contributed by atoms with E-state index >= 15 is 0 Å². The summed E-state index contributed by atoms with van der Waals surface area (Å²) in [5.74, 6) is 2.59. The lowest BCUT2D eigenvalue weighted by Crippen LogP contribution is -2.52. The highest BCUT2D eigenvalue weighted by Gasteiger charge is 2.33. The Bertz CT molecular complexity index is 531. The summed E-state index contributed by atoms with van der Waals surface area (Å²) in [6.45, 7) is 10.3. The summed E-state index contributed by atoms with van der Waals surface area (Å²) in [6, 6.07) is 12.9. The Morgan fingerprint density at radius 3 is 1.88 bits per heavy atom. The van der Waals surface area contributed by atoms with Gasteiger partial charge in [-0.15, -0.1) is 0 Å². The summed E-state index contributed by atoms with van der Waals surface area (Å²) >= 11 is 0. The molecular weight excluding hydrogens is 316 g/mol. The molecule has 2 heteroatoms. The van der Waals surface area contributed by atoms with Gasteiger partial charge in [-0.05, 0) is 81.4 Å². The second-order valence-electron chi connectivity index (χ2n) is 9.58. The predicted octanol–water partition coefficient (Wildman–Crippen LogP) is 5.16. The van der Waals surface area contributed by atoms with E-state index in [1.54, 1.807) is 5.56 Å². The smallest absolute Gasteiger partial charge is 0.0120 e. The van der Waals surface area contributed by atoms with Crippen molar-refractivity contribution in [2.75, 3.05) is 26.2 Å². The minimum absolute atomic E-state index is 0.807. The molecule has 0 radical (unpaired) electrons. The van der Waals surface area contributed by atoms with E-state index < -0.39 is 0 Å². The lowest BCUT2D eigenvalue weighted by atomic mass is 9.80. The third kappa shape index (κ3) is 4.34. The lowest BCUT2D eigenvalue weighted by Gasteiger charge is -2.46. The molecule has 0 amide bonds. The van der Waals surface area contributed by atoms with E-state index in [1.165, 1.54) is 71.1 Å². The van der Waals surface area contributed by atoms with Crippen LogP contribution in [0.4, 0.5) is 0 Å². The Balaban J connectivity index is 1.24. The molecule has 144 valence electrons. The minimum atomic E-state index is 0.807. The maximum absolute atomic E-state index is 2.84. The van der Waals surface area contributed by atoms with Crippen molar-refractivity contribution in [2.24, 2.45) is 11.8 Å². The molecule has 1 aliphatic carbocycles. The maximum atomic E-state index is 2.84. The van der Waals surface area contributed by atoms with Gasteiger partial charge in [0.15, 0.2) is 0 Å². The number of hydrogen-bond donors (Lipinski definition) is 0. The highest BCUT2D eigenvalue weighted by atomic mass is 15.2. The maximum Gasteiger partial charge on any atom is 0.0120 e. The van der Waals surface area contributed by atoms with Crippen LogP contribution in [-0.2, 0) is 0 Å². The van der Waals surface area contributed by atoms with Gasteiger partial charge in [0, 0.05) is 25.2 Å².